The molecule has 0 radical (unpaired) electrons. The van der Waals surface area contributed by atoms with E-state index in [0.717, 1.165) is 21.4 Å². The number of anilines is 1. The van der Waals surface area contributed by atoms with Crippen LogP contribution in [-0.2, 0) is 65.4 Å². The number of amides is 1. The quantitative estimate of drug-likeness (QED) is 0.0362. The van der Waals surface area contributed by atoms with Crippen LogP contribution < -0.4 is 40.8 Å². The van der Waals surface area contributed by atoms with E-state index in [1.165, 1.54) is 118 Å². The molecule has 10 rings (SSSR count). The fourth-order valence-corrected chi connectivity index (χ4v) is 13.3. The zero-order valence-electron chi connectivity index (χ0n) is 50.6. The Labute approximate surface area is 546 Å². The van der Waals surface area contributed by atoms with Crippen molar-refractivity contribution in [3.63, 3.8) is 0 Å². The Hall–Kier alpha value is -7.44. The van der Waals surface area contributed by atoms with Crippen molar-refractivity contribution in [2.75, 3.05) is 46.0 Å². The van der Waals surface area contributed by atoms with Crippen LogP contribution in [-0.4, -0.2) is 137 Å². The third-order valence-electron chi connectivity index (χ3n) is 15.1. The Morgan fingerprint density at radius 1 is 0.649 bits per heavy atom. The number of carbonyl (C=O) groups excluding carboxylic acids is 4. The van der Waals surface area contributed by atoms with Crippen LogP contribution in [0.4, 0.5) is 5.82 Å². The summed E-state index contributed by atoms with van der Waals surface area (Å²) < 4.78 is 117. The van der Waals surface area contributed by atoms with E-state index in [1.807, 2.05) is 0 Å². The predicted molar refractivity (Wildman–Crippen MR) is 330 cm³/mol. The number of nitrogens with zero attached hydrogens (tertiary/aromatic N) is 4. The second-order valence-corrected chi connectivity index (χ2v) is 25.3. The molecule has 0 aliphatic carbocycles. The lowest BCUT2D eigenvalue weighted by Gasteiger charge is -2.32. The number of phosphoric acid groups is 2. The van der Waals surface area contributed by atoms with E-state index in [0.29, 0.717) is 41.7 Å². The molecule has 33 heteroatoms. The largest absolute Gasteiger partial charge is 0.530 e. The molecular weight excluding hydrogens is 1320 g/mol. The van der Waals surface area contributed by atoms with E-state index >= 15 is 4.57 Å². The number of aromatic nitrogens is 4. The lowest BCUT2D eigenvalue weighted by molar-refractivity contribution is -0.215. The molecule has 1 amide bonds. The smallest absolute Gasteiger partial charge is 0.497 e. The third-order valence-corrected chi connectivity index (χ3v) is 18.0. The number of hydrogen-bond donors (Lipinski definition) is 2. The molecular formula is C61H65Cl2N5O24P2. The van der Waals surface area contributed by atoms with E-state index in [2.05, 4.69) is 10.3 Å². The molecule has 12 atom stereocenters. The highest BCUT2D eigenvalue weighted by molar-refractivity contribution is 7.49. The molecule has 29 nitrogen and oxygen atoms in total. The summed E-state index contributed by atoms with van der Waals surface area (Å²) in [5.41, 5.74) is -3.26. The first kappa shape index (κ1) is 69.4. The van der Waals surface area contributed by atoms with Gasteiger partial charge in [0.1, 0.15) is 77.8 Å². The zero-order chi connectivity index (χ0) is 66.7. The normalized spacial score (nSPS) is 24.1. The minimum atomic E-state index is -5.50. The molecule has 2 aromatic heterocycles. The van der Waals surface area contributed by atoms with Gasteiger partial charge in [-0.05, 0) is 124 Å². The number of esters is 1. The van der Waals surface area contributed by atoms with Crippen LogP contribution in [0, 0.1) is 0 Å². The van der Waals surface area contributed by atoms with Gasteiger partial charge in [0.15, 0.2) is 25.0 Å². The molecule has 0 bridgehead atoms. The first-order valence-corrected chi connectivity index (χ1v) is 33.3. The van der Waals surface area contributed by atoms with Crippen LogP contribution in [0.3, 0.4) is 0 Å². The summed E-state index contributed by atoms with van der Waals surface area (Å²) in [6.45, 7) is -0.104. The van der Waals surface area contributed by atoms with Crippen molar-refractivity contribution < 1.29 is 98.5 Å². The van der Waals surface area contributed by atoms with Crippen molar-refractivity contribution in [3.05, 3.63) is 174 Å². The number of nitrogens with one attached hydrogen (secondary N) is 1. The Kier molecular flexibility index (Phi) is 23.2. The first-order valence-electron chi connectivity index (χ1n) is 29.6. The van der Waals surface area contributed by atoms with Gasteiger partial charge in [0.25, 0.3) is 17.4 Å². The second kappa shape index (κ2) is 31.4. The van der Waals surface area contributed by atoms with Gasteiger partial charge in [-0.2, -0.15) is 9.55 Å². The lowest BCUT2D eigenvalue weighted by atomic mass is 10.1. The maximum absolute atomic E-state index is 16.2. The Balaban J connectivity index is 1.05. The summed E-state index contributed by atoms with van der Waals surface area (Å²) in [5.74, 6) is -2.83. The maximum Gasteiger partial charge on any atom is 0.530 e. The lowest BCUT2D eigenvalue weighted by Crippen LogP contribution is -2.47. The minimum absolute atomic E-state index is 0.104. The number of Topliss-reactive ketones (excluding diaryl/α,β-unsaturated/α-hetero) is 1. The molecule has 4 aromatic carbocycles. The Morgan fingerprint density at radius 3 is 1.74 bits per heavy atom. The predicted octanol–water partition coefficient (Wildman–Crippen LogP) is 8.22. The molecule has 0 spiro atoms. The van der Waals surface area contributed by atoms with Crippen LogP contribution >= 0.6 is 38.8 Å². The average Bonchev–Trinajstić information content (AvgIpc) is 1.59. The van der Waals surface area contributed by atoms with Gasteiger partial charge in [0, 0.05) is 49.2 Å². The monoisotopic (exact) mass is 1380 g/mol. The van der Waals surface area contributed by atoms with Crippen LogP contribution in [0.2, 0.25) is 10.0 Å². The first-order chi connectivity index (χ1) is 45.2. The van der Waals surface area contributed by atoms with Crippen LogP contribution in [0.15, 0.2) is 136 Å². The molecule has 4 unspecified atom stereocenters. The molecule has 502 valence electrons. The Bertz CT molecular complexity index is 3960. The highest BCUT2D eigenvalue weighted by atomic mass is 35.5. The van der Waals surface area contributed by atoms with Crippen molar-refractivity contribution in [3.8, 4) is 23.0 Å². The van der Waals surface area contributed by atoms with Crippen LogP contribution in [0.5, 0.6) is 23.0 Å². The van der Waals surface area contributed by atoms with Crippen molar-refractivity contribution in [2.45, 2.75) is 120 Å². The van der Waals surface area contributed by atoms with Gasteiger partial charge >= 0.3 is 33.0 Å². The van der Waals surface area contributed by atoms with Crippen LogP contribution in [0.25, 0.3) is 0 Å². The number of para-hydroxylation sites is 2. The number of ether oxygens (including phenoxy) is 9. The number of methoxy groups -OCH3 is 2. The summed E-state index contributed by atoms with van der Waals surface area (Å²) in [4.78, 5) is 111. The number of halogens is 2. The van der Waals surface area contributed by atoms with Crippen molar-refractivity contribution in [1.29, 1.82) is 0 Å². The topological polar surface area (TPSA) is 343 Å². The van der Waals surface area contributed by atoms with Crippen molar-refractivity contribution >= 4 is 68.2 Å². The van der Waals surface area contributed by atoms with Crippen molar-refractivity contribution in [2.24, 2.45) is 0 Å². The van der Waals surface area contributed by atoms with Crippen LogP contribution in [0.1, 0.15) is 91.5 Å². The molecule has 6 heterocycles. The van der Waals surface area contributed by atoms with Gasteiger partial charge in [-0.1, -0.05) is 47.5 Å². The molecule has 4 saturated heterocycles. The number of rotatable bonds is 27. The highest BCUT2D eigenvalue weighted by Crippen LogP contribution is 2.57. The van der Waals surface area contributed by atoms with Gasteiger partial charge in [0.05, 0.1) is 37.3 Å². The third kappa shape index (κ3) is 17.3. The standard InChI is InChI=1S/C61H65Cl2N5O24P2/c1-36(69)18-27-49(71)83-34-45-53(55(88-51-17-9-11-33-82-51)58(85-45)66-30-28-47(65-60(66)74)64-56(72)37-19-23-39(79-2)24-20-37)92-94(78,90-44-15-7-5-13-42(44)63)84-35-46-52(91-93(76,77)89-43-14-6-4-12-41(43)62)54(87-50-16-8-10-32-81-50)59(86-46)67-31-29-48(70)68(61(67)75)57(73)38-21-25-40(80-3)26-22-38/h4-7,12-15,19-26,28-31,45-46,50-55,58-59H,8-11,16-18,27,32-35H2,1-3H3,(H,76,77)(H,64,65,72,74)/t45-,46-,50?,51?,52-,53-,54-,55-,58-,59-,94?/m1/s1. The molecule has 4 aliphatic rings. The summed E-state index contributed by atoms with van der Waals surface area (Å²) in [6.07, 6.45) is -11.6. The summed E-state index contributed by atoms with van der Waals surface area (Å²) in [6, 6.07) is 25.2. The fourth-order valence-electron chi connectivity index (χ4n) is 10.4. The molecule has 4 fully saturated rings. The number of ketones is 1. The minimum Gasteiger partial charge on any atom is -0.497 e. The summed E-state index contributed by atoms with van der Waals surface area (Å²) in [5, 5.41) is 2.33. The van der Waals surface area contributed by atoms with Gasteiger partial charge in [0.2, 0.25) is 0 Å². The van der Waals surface area contributed by atoms with Crippen molar-refractivity contribution in [1.82, 2.24) is 18.7 Å². The Morgan fingerprint density at radius 2 is 1.19 bits per heavy atom. The summed E-state index contributed by atoms with van der Waals surface area (Å²) in [7, 11) is -8.10. The number of benzene rings is 4. The maximum atomic E-state index is 16.2. The van der Waals surface area contributed by atoms with E-state index in [4.69, 9.17) is 88.5 Å². The fraction of sp³-hybridized carbons (Fsp3) is 0.410. The SMILES string of the molecule is COc1ccc(C(=O)Nc2ccn([C@@H]3O[C@H](COC(=O)CCC(C)=O)[C@@H](OP(=O)(OC[C@H]4O[C@@H](n5ccc(=O)n(C(=O)c6ccc(OC)cc6)c5=O)[C@H](OC5CCCCO5)[C@@H]4OP(=O)(O)Oc4ccccc4Cl)Oc4ccccc4Cl)[C@H]3OC3CCCCO3)c(=O)n2)cc1. The van der Waals surface area contributed by atoms with Gasteiger partial charge in [-0.3, -0.25) is 46.8 Å². The van der Waals surface area contributed by atoms with Gasteiger partial charge < -0.3 is 61.8 Å². The second-order valence-electron chi connectivity index (χ2n) is 21.6. The number of carbonyl (C=O) groups is 4. The molecule has 2 N–H and O–H groups in total. The highest BCUT2D eigenvalue weighted by Gasteiger charge is 2.56. The van der Waals surface area contributed by atoms with E-state index < -0.39 is 125 Å². The average molecular weight is 1390 g/mol. The molecule has 0 saturated carbocycles. The van der Waals surface area contributed by atoms with E-state index in [1.54, 1.807) is 12.1 Å². The zero-order valence-corrected chi connectivity index (χ0v) is 53.9. The summed E-state index contributed by atoms with van der Waals surface area (Å²) >= 11 is 13.1. The van der Waals surface area contributed by atoms with Gasteiger partial charge in [-0.25, -0.2) is 18.7 Å². The molecule has 94 heavy (non-hydrogen) atoms. The number of phosphoric ester groups is 2. The van der Waals surface area contributed by atoms with E-state index in [9.17, 15) is 43.0 Å². The molecule has 6 aromatic rings. The molecule has 4 aliphatic heterocycles. The number of hydrogen-bond acceptors (Lipinski definition) is 24. The van der Waals surface area contributed by atoms with Gasteiger partial charge in [-0.15, -0.1) is 0 Å². The van der Waals surface area contributed by atoms with E-state index in [-0.39, 0.29) is 83.2 Å².